The lowest BCUT2D eigenvalue weighted by Crippen LogP contribution is -2.26. The van der Waals surface area contributed by atoms with Crippen molar-refractivity contribution >= 4 is 28.2 Å². The van der Waals surface area contributed by atoms with Crippen molar-refractivity contribution < 1.29 is 14.0 Å². The van der Waals surface area contributed by atoms with Crippen LogP contribution in [0.15, 0.2) is 34.9 Å². The molecule has 3 rings (SSSR count). The van der Waals surface area contributed by atoms with Gasteiger partial charge in [-0.3, -0.25) is 9.59 Å². The first kappa shape index (κ1) is 12.9. The number of anilines is 1. The Morgan fingerprint density at radius 2 is 2.00 bits per heavy atom. The molecule has 20 heavy (non-hydrogen) atoms. The van der Waals surface area contributed by atoms with Crippen molar-refractivity contribution in [2.75, 3.05) is 18.4 Å². The Labute approximate surface area is 120 Å². The number of hydrogen-bond acceptors (Lipinski definition) is 4. The molecule has 2 amide bonds. The topological polar surface area (TPSA) is 62.6 Å². The van der Waals surface area contributed by atoms with Crippen molar-refractivity contribution in [2.45, 2.75) is 12.8 Å². The zero-order valence-electron chi connectivity index (χ0n) is 10.8. The standard InChI is InChI=1S/C14H14N2O3S/c17-13(10-4-3-9-19-10)15-12-6-5-11(20-12)14(18)16-7-1-2-8-16/h3-6,9H,1-2,7-8H2,(H,15,17). The molecule has 0 saturated carbocycles. The normalized spacial score (nSPS) is 14.5. The third-order valence-corrected chi connectivity index (χ3v) is 4.18. The smallest absolute Gasteiger partial charge is 0.291 e. The van der Waals surface area contributed by atoms with Crippen molar-refractivity contribution in [1.29, 1.82) is 0 Å². The van der Waals surface area contributed by atoms with Gasteiger partial charge in [-0.2, -0.15) is 0 Å². The van der Waals surface area contributed by atoms with E-state index in [2.05, 4.69) is 5.32 Å². The SMILES string of the molecule is O=C(Nc1ccc(C(=O)N2CCCC2)s1)c1ccco1. The number of likely N-dealkylation sites (tertiary alicyclic amines) is 1. The highest BCUT2D eigenvalue weighted by atomic mass is 32.1. The molecule has 6 heteroatoms. The molecule has 0 aliphatic carbocycles. The summed E-state index contributed by atoms with van der Waals surface area (Å²) in [5.41, 5.74) is 0. The molecule has 1 aliphatic heterocycles. The van der Waals surface area contributed by atoms with Gasteiger partial charge in [0.15, 0.2) is 5.76 Å². The summed E-state index contributed by atoms with van der Waals surface area (Å²) in [7, 11) is 0. The number of nitrogens with zero attached hydrogens (tertiary/aromatic N) is 1. The van der Waals surface area contributed by atoms with Gasteiger partial charge in [-0.25, -0.2) is 0 Å². The van der Waals surface area contributed by atoms with Crippen LogP contribution in [0.5, 0.6) is 0 Å². The first-order chi connectivity index (χ1) is 9.74. The number of carbonyl (C=O) groups excluding carboxylic acids is 2. The van der Waals surface area contributed by atoms with Crippen molar-refractivity contribution in [3.05, 3.63) is 41.2 Å². The van der Waals surface area contributed by atoms with E-state index in [-0.39, 0.29) is 17.6 Å². The van der Waals surface area contributed by atoms with E-state index in [4.69, 9.17) is 4.42 Å². The maximum Gasteiger partial charge on any atom is 0.291 e. The molecule has 0 unspecified atom stereocenters. The van der Waals surface area contributed by atoms with Crippen LogP contribution in [0.2, 0.25) is 0 Å². The van der Waals surface area contributed by atoms with Crippen LogP contribution in [0.25, 0.3) is 0 Å². The van der Waals surface area contributed by atoms with Crippen LogP contribution in [-0.2, 0) is 0 Å². The van der Waals surface area contributed by atoms with E-state index in [0.717, 1.165) is 25.9 Å². The molecular formula is C14H14N2O3S. The largest absolute Gasteiger partial charge is 0.459 e. The third kappa shape index (κ3) is 2.60. The molecule has 0 radical (unpaired) electrons. The summed E-state index contributed by atoms with van der Waals surface area (Å²) in [5.74, 6) is -0.00571. The zero-order chi connectivity index (χ0) is 13.9. The van der Waals surface area contributed by atoms with Crippen LogP contribution in [-0.4, -0.2) is 29.8 Å². The van der Waals surface area contributed by atoms with Crippen LogP contribution >= 0.6 is 11.3 Å². The predicted molar refractivity (Wildman–Crippen MR) is 76.1 cm³/mol. The van der Waals surface area contributed by atoms with Gasteiger partial charge in [0.2, 0.25) is 0 Å². The van der Waals surface area contributed by atoms with Crippen LogP contribution < -0.4 is 5.32 Å². The fourth-order valence-electron chi connectivity index (χ4n) is 2.18. The average molecular weight is 290 g/mol. The maximum atomic E-state index is 12.2. The third-order valence-electron chi connectivity index (χ3n) is 3.19. The van der Waals surface area contributed by atoms with Gasteiger partial charge in [0, 0.05) is 13.1 Å². The highest BCUT2D eigenvalue weighted by Crippen LogP contribution is 2.25. The number of amides is 2. The average Bonchev–Trinajstić information content (AvgIpc) is 3.19. The molecule has 2 aromatic rings. The summed E-state index contributed by atoms with van der Waals surface area (Å²) < 4.78 is 5.02. The Morgan fingerprint density at radius 3 is 2.70 bits per heavy atom. The van der Waals surface area contributed by atoms with Crippen LogP contribution in [0.4, 0.5) is 5.00 Å². The molecule has 104 valence electrons. The molecule has 1 aliphatic rings. The molecule has 1 fully saturated rings. The monoisotopic (exact) mass is 290 g/mol. The minimum atomic E-state index is -0.308. The Balaban J connectivity index is 1.67. The van der Waals surface area contributed by atoms with Gasteiger partial charge in [-0.1, -0.05) is 0 Å². The fraction of sp³-hybridized carbons (Fsp3) is 0.286. The van der Waals surface area contributed by atoms with Crippen LogP contribution in [0, 0.1) is 0 Å². The van der Waals surface area contributed by atoms with E-state index in [9.17, 15) is 9.59 Å². The Hall–Kier alpha value is -2.08. The summed E-state index contributed by atoms with van der Waals surface area (Å²) in [6.07, 6.45) is 3.59. The van der Waals surface area contributed by atoms with Gasteiger partial charge in [0.05, 0.1) is 16.1 Å². The van der Waals surface area contributed by atoms with Crippen LogP contribution in [0.3, 0.4) is 0 Å². The van der Waals surface area contributed by atoms with E-state index in [0.29, 0.717) is 9.88 Å². The Kier molecular flexibility index (Phi) is 3.56. The van der Waals surface area contributed by atoms with Crippen molar-refractivity contribution in [2.24, 2.45) is 0 Å². The molecule has 1 saturated heterocycles. The van der Waals surface area contributed by atoms with E-state index in [1.807, 2.05) is 4.90 Å². The quantitative estimate of drug-likeness (QED) is 0.945. The highest BCUT2D eigenvalue weighted by molar-refractivity contribution is 7.18. The molecule has 0 atom stereocenters. The maximum absolute atomic E-state index is 12.2. The number of thiophene rings is 1. The van der Waals surface area contributed by atoms with Gasteiger partial charge < -0.3 is 14.6 Å². The minimum absolute atomic E-state index is 0.0472. The second-order valence-electron chi connectivity index (χ2n) is 4.59. The van der Waals surface area contributed by atoms with Gasteiger partial charge in [-0.05, 0) is 37.1 Å². The number of rotatable bonds is 3. The molecule has 3 heterocycles. The lowest BCUT2D eigenvalue weighted by molar-refractivity contribution is 0.0797. The summed E-state index contributed by atoms with van der Waals surface area (Å²) in [4.78, 5) is 26.5. The van der Waals surface area contributed by atoms with E-state index in [1.54, 1.807) is 24.3 Å². The van der Waals surface area contributed by atoms with Gasteiger partial charge in [-0.15, -0.1) is 11.3 Å². The molecule has 0 bridgehead atoms. The lowest BCUT2D eigenvalue weighted by atomic mass is 10.4. The minimum Gasteiger partial charge on any atom is -0.459 e. The van der Waals surface area contributed by atoms with Crippen molar-refractivity contribution in [3.8, 4) is 0 Å². The molecule has 0 spiro atoms. The number of hydrogen-bond donors (Lipinski definition) is 1. The highest BCUT2D eigenvalue weighted by Gasteiger charge is 2.21. The Bertz CT molecular complexity index is 612. The van der Waals surface area contributed by atoms with Crippen molar-refractivity contribution in [1.82, 2.24) is 4.90 Å². The lowest BCUT2D eigenvalue weighted by Gasteiger charge is -2.13. The molecule has 2 aromatic heterocycles. The molecule has 5 nitrogen and oxygen atoms in total. The molecule has 1 N–H and O–H groups in total. The van der Waals surface area contributed by atoms with Gasteiger partial charge in [0.1, 0.15) is 0 Å². The second-order valence-corrected chi connectivity index (χ2v) is 5.68. The summed E-state index contributed by atoms with van der Waals surface area (Å²) in [5, 5.41) is 3.37. The molecular weight excluding hydrogens is 276 g/mol. The van der Waals surface area contributed by atoms with Crippen molar-refractivity contribution in [3.63, 3.8) is 0 Å². The second kappa shape index (κ2) is 5.50. The number of furan rings is 1. The van der Waals surface area contributed by atoms with Gasteiger partial charge in [0.25, 0.3) is 11.8 Å². The summed E-state index contributed by atoms with van der Waals surface area (Å²) >= 11 is 1.29. The van der Waals surface area contributed by atoms with E-state index < -0.39 is 0 Å². The summed E-state index contributed by atoms with van der Waals surface area (Å²) in [6, 6.07) is 6.75. The number of carbonyl (C=O) groups is 2. The van der Waals surface area contributed by atoms with Crippen LogP contribution in [0.1, 0.15) is 33.1 Å². The van der Waals surface area contributed by atoms with E-state index >= 15 is 0 Å². The zero-order valence-corrected chi connectivity index (χ0v) is 11.6. The van der Waals surface area contributed by atoms with Gasteiger partial charge >= 0.3 is 0 Å². The fourth-order valence-corrected chi connectivity index (χ4v) is 3.05. The summed E-state index contributed by atoms with van der Waals surface area (Å²) in [6.45, 7) is 1.65. The predicted octanol–water partition coefficient (Wildman–Crippen LogP) is 2.83. The first-order valence-corrected chi connectivity index (χ1v) is 7.29. The first-order valence-electron chi connectivity index (χ1n) is 6.48. The van der Waals surface area contributed by atoms with E-state index in [1.165, 1.54) is 17.6 Å². The molecule has 0 aromatic carbocycles. The number of nitrogens with one attached hydrogen (secondary N) is 1. The Morgan fingerprint density at radius 1 is 1.20 bits per heavy atom.